The lowest BCUT2D eigenvalue weighted by Gasteiger charge is -2.32. The molecule has 1 aromatic heterocycles. The molecular formula is C9H12N4O3S. The Balaban J connectivity index is 2.03. The number of hydrogen-bond donors (Lipinski definition) is 3. The van der Waals surface area contributed by atoms with Gasteiger partial charge in [0.2, 0.25) is 0 Å². The number of carbonyl (C=O) groups is 2. The number of carbonyl (C=O) groups excluding carboxylic acids is 1. The highest BCUT2D eigenvalue weighted by Gasteiger charge is 2.32. The first-order valence-electron chi connectivity index (χ1n) is 5.05. The number of amides is 2. The maximum absolute atomic E-state index is 11.9. The van der Waals surface area contributed by atoms with Gasteiger partial charge in [-0.15, -0.1) is 0 Å². The molecule has 2 heterocycles. The van der Waals surface area contributed by atoms with Crippen molar-refractivity contribution in [2.24, 2.45) is 0 Å². The van der Waals surface area contributed by atoms with Crippen molar-refractivity contribution in [2.45, 2.75) is 6.04 Å². The number of carboxylic acid groups (broad SMARTS) is 1. The van der Waals surface area contributed by atoms with Gasteiger partial charge in [-0.3, -0.25) is 5.10 Å². The van der Waals surface area contributed by atoms with Crippen LogP contribution >= 0.6 is 11.8 Å². The van der Waals surface area contributed by atoms with Crippen molar-refractivity contribution >= 4 is 29.4 Å². The number of nitrogens with one attached hydrogen (secondary N) is 2. The van der Waals surface area contributed by atoms with Gasteiger partial charge in [-0.2, -0.15) is 16.9 Å². The minimum atomic E-state index is -0.973. The van der Waals surface area contributed by atoms with Crippen LogP contribution in [0.3, 0.4) is 0 Å². The molecule has 0 radical (unpaired) electrons. The van der Waals surface area contributed by atoms with E-state index in [1.807, 2.05) is 0 Å². The van der Waals surface area contributed by atoms with E-state index in [4.69, 9.17) is 5.11 Å². The Morgan fingerprint density at radius 3 is 3.12 bits per heavy atom. The third-order valence-electron chi connectivity index (χ3n) is 2.42. The average Bonchev–Trinajstić information content (AvgIpc) is 2.81. The summed E-state index contributed by atoms with van der Waals surface area (Å²) in [4.78, 5) is 24.2. The fourth-order valence-electron chi connectivity index (χ4n) is 1.57. The first kappa shape index (κ1) is 11.8. The molecule has 92 valence electrons. The number of thioether (sulfide) groups is 1. The molecule has 0 aliphatic carbocycles. The van der Waals surface area contributed by atoms with E-state index in [1.54, 1.807) is 0 Å². The Labute approximate surface area is 102 Å². The van der Waals surface area contributed by atoms with E-state index in [1.165, 1.54) is 29.1 Å². The lowest BCUT2D eigenvalue weighted by molar-refractivity contribution is -0.141. The SMILES string of the molecule is O=C(O)C1CSCCN1C(=O)Nc1cn[nH]c1. The highest BCUT2D eigenvalue weighted by molar-refractivity contribution is 7.99. The number of aromatic amines is 1. The number of rotatable bonds is 2. The molecule has 3 N–H and O–H groups in total. The third-order valence-corrected chi connectivity index (χ3v) is 3.45. The highest BCUT2D eigenvalue weighted by atomic mass is 32.2. The van der Waals surface area contributed by atoms with Crippen LogP contribution in [0.5, 0.6) is 0 Å². The van der Waals surface area contributed by atoms with E-state index in [0.717, 1.165) is 5.75 Å². The normalized spacial score (nSPS) is 20.0. The van der Waals surface area contributed by atoms with Crippen molar-refractivity contribution in [2.75, 3.05) is 23.4 Å². The predicted molar refractivity (Wildman–Crippen MR) is 63.1 cm³/mol. The smallest absolute Gasteiger partial charge is 0.327 e. The molecular weight excluding hydrogens is 244 g/mol. The van der Waals surface area contributed by atoms with E-state index in [-0.39, 0.29) is 0 Å². The summed E-state index contributed by atoms with van der Waals surface area (Å²) in [6.45, 7) is 0.436. The molecule has 17 heavy (non-hydrogen) atoms. The second-order valence-corrected chi connectivity index (χ2v) is 4.69. The largest absolute Gasteiger partial charge is 0.480 e. The van der Waals surface area contributed by atoms with E-state index < -0.39 is 18.0 Å². The van der Waals surface area contributed by atoms with Crippen LogP contribution in [0, 0.1) is 0 Å². The van der Waals surface area contributed by atoms with Gasteiger partial charge in [0, 0.05) is 24.2 Å². The van der Waals surface area contributed by atoms with Crippen molar-refractivity contribution in [3.8, 4) is 0 Å². The highest BCUT2D eigenvalue weighted by Crippen LogP contribution is 2.18. The van der Waals surface area contributed by atoms with Gasteiger partial charge in [0.15, 0.2) is 0 Å². The number of anilines is 1. The number of carboxylic acids is 1. The standard InChI is InChI=1S/C9H12N4O3S/c14-8(15)7-5-17-2-1-13(7)9(16)12-6-3-10-11-4-6/h3-4,7H,1-2,5H2,(H,10,11)(H,12,16)(H,14,15). The van der Waals surface area contributed by atoms with Gasteiger partial charge in [0.1, 0.15) is 6.04 Å². The van der Waals surface area contributed by atoms with Crippen LogP contribution in [0.4, 0.5) is 10.5 Å². The van der Waals surface area contributed by atoms with Crippen molar-refractivity contribution in [3.63, 3.8) is 0 Å². The molecule has 0 bridgehead atoms. The summed E-state index contributed by atoms with van der Waals surface area (Å²) < 4.78 is 0. The summed E-state index contributed by atoms with van der Waals surface area (Å²) in [6.07, 6.45) is 3.00. The number of urea groups is 1. The lowest BCUT2D eigenvalue weighted by atomic mass is 10.3. The van der Waals surface area contributed by atoms with Crippen LogP contribution in [0.2, 0.25) is 0 Å². The molecule has 1 atom stereocenters. The Bertz CT molecular complexity index is 408. The van der Waals surface area contributed by atoms with Gasteiger partial charge in [0.05, 0.1) is 11.9 Å². The molecule has 1 fully saturated rings. The molecule has 1 aromatic rings. The minimum Gasteiger partial charge on any atom is -0.480 e. The van der Waals surface area contributed by atoms with E-state index in [9.17, 15) is 9.59 Å². The zero-order valence-electron chi connectivity index (χ0n) is 8.92. The predicted octanol–water partition coefficient (Wildman–Crippen LogP) is 0.444. The molecule has 1 saturated heterocycles. The fraction of sp³-hybridized carbons (Fsp3) is 0.444. The number of aliphatic carboxylic acids is 1. The molecule has 0 aromatic carbocycles. The van der Waals surface area contributed by atoms with Crippen LogP contribution in [0.25, 0.3) is 0 Å². The zero-order chi connectivity index (χ0) is 12.3. The Morgan fingerprint density at radius 2 is 2.47 bits per heavy atom. The van der Waals surface area contributed by atoms with E-state index in [2.05, 4.69) is 15.5 Å². The number of nitrogens with zero attached hydrogens (tertiary/aromatic N) is 2. The van der Waals surface area contributed by atoms with Gasteiger partial charge in [-0.05, 0) is 0 Å². The summed E-state index contributed by atoms with van der Waals surface area (Å²) in [5.74, 6) is 0.205. The maximum Gasteiger partial charge on any atom is 0.327 e. The Morgan fingerprint density at radius 1 is 1.65 bits per heavy atom. The molecule has 1 aliphatic heterocycles. The van der Waals surface area contributed by atoms with Crippen LogP contribution in [-0.4, -0.2) is 56.3 Å². The maximum atomic E-state index is 11.9. The summed E-state index contributed by atoms with van der Waals surface area (Å²) >= 11 is 1.54. The van der Waals surface area contributed by atoms with Crippen LogP contribution < -0.4 is 5.32 Å². The Kier molecular flexibility index (Phi) is 3.52. The van der Waals surface area contributed by atoms with Crippen molar-refractivity contribution < 1.29 is 14.7 Å². The average molecular weight is 256 g/mol. The monoisotopic (exact) mass is 256 g/mol. The first-order valence-corrected chi connectivity index (χ1v) is 6.21. The number of aromatic nitrogens is 2. The zero-order valence-corrected chi connectivity index (χ0v) is 9.74. The van der Waals surface area contributed by atoms with E-state index >= 15 is 0 Å². The first-order chi connectivity index (χ1) is 8.18. The molecule has 0 spiro atoms. The van der Waals surface area contributed by atoms with Crippen LogP contribution in [-0.2, 0) is 4.79 Å². The lowest BCUT2D eigenvalue weighted by Crippen LogP contribution is -2.51. The van der Waals surface area contributed by atoms with Gasteiger partial charge < -0.3 is 15.3 Å². The number of H-pyrrole nitrogens is 1. The van der Waals surface area contributed by atoms with Gasteiger partial charge in [-0.25, -0.2) is 9.59 Å². The molecule has 1 aliphatic rings. The summed E-state index contributed by atoms with van der Waals surface area (Å²) in [6, 6.07) is -1.17. The van der Waals surface area contributed by atoms with Gasteiger partial charge in [0.25, 0.3) is 0 Å². The fourth-order valence-corrected chi connectivity index (χ4v) is 2.60. The molecule has 2 rings (SSSR count). The van der Waals surface area contributed by atoms with Gasteiger partial charge in [-0.1, -0.05) is 0 Å². The number of hydrogen-bond acceptors (Lipinski definition) is 4. The molecule has 0 saturated carbocycles. The van der Waals surface area contributed by atoms with Gasteiger partial charge >= 0.3 is 12.0 Å². The van der Waals surface area contributed by atoms with Crippen molar-refractivity contribution in [1.82, 2.24) is 15.1 Å². The quantitative estimate of drug-likeness (QED) is 0.713. The summed E-state index contributed by atoms with van der Waals surface area (Å²) in [5.41, 5.74) is 0.525. The summed E-state index contributed by atoms with van der Waals surface area (Å²) in [7, 11) is 0. The molecule has 2 amide bonds. The second kappa shape index (κ2) is 5.09. The van der Waals surface area contributed by atoms with E-state index in [0.29, 0.717) is 18.0 Å². The third kappa shape index (κ3) is 2.70. The second-order valence-electron chi connectivity index (χ2n) is 3.54. The molecule has 1 unspecified atom stereocenters. The molecule has 7 nitrogen and oxygen atoms in total. The minimum absolute atomic E-state index is 0.404. The van der Waals surface area contributed by atoms with Crippen LogP contribution in [0.15, 0.2) is 12.4 Å². The molecule has 8 heteroatoms. The Hall–Kier alpha value is -1.70. The summed E-state index contributed by atoms with van der Waals surface area (Å²) in [5, 5.41) is 17.9. The van der Waals surface area contributed by atoms with Crippen molar-refractivity contribution in [3.05, 3.63) is 12.4 Å². The topological polar surface area (TPSA) is 98.3 Å². The van der Waals surface area contributed by atoms with Crippen molar-refractivity contribution in [1.29, 1.82) is 0 Å². The van der Waals surface area contributed by atoms with Crippen LogP contribution in [0.1, 0.15) is 0 Å².